The van der Waals surface area contributed by atoms with E-state index in [9.17, 15) is 4.79 Å². The van der Waals surface area contributed by atoms with E-state index in [2.05, 4.69) is 10.6 Å². The molecule has 5 heteroatoms. The standard InChI is InChI=1S/C13H14ClN3O/c1-13(4-5-16-8-13)12(18)17-10-3-2-9(7-15)11(14)6-10/h2-3,6,16H,4-5,8H2,1H3,(H,17,18). The van der Waals surface area contributed by atoms with Crippen LogP contribution in [0.3, 0.4) is 0 Å². The van der Waals surface area contributed by atoms with Crippen LogP contribution in [0.25, 0.3) is 0 Å². The van der Waals surface area contributed by atoms with Gasteiger partial charge < -0.3 is 10.6 Å². The highest BCUT2D eigenvalue weighted by molar-refractivity contribution is 6.32. The van der Waals surface area contributed by atoms with E-state index in [1.807, 2.05) is 13.0 Å². The van der Waals surface area contributed by atoms with Crippen LogP contribution in [0, 0.1) is 16.7 Å². The molecule has 1 fully saturated rings. The lowest BCUT2D eigenvalue weighted by Gasteiger charge is -2.21. The van der Waals surface area contributed by atoms with Gasteiger partial charge in [-0.25, -0.2) is 0 Å². The molecule has 1 atom stereocenters. The minimum atomic E-state index is -0.375. The van der Waals surface area contributed by atoms with Crippen molar-refractivity contribution in [2.45, 2.75) is 13.3 Å². The number of rotatable bonds is 2. The molecule has 18 heavy (non-hydrogen) atoms. The number of nitriles is 1. The van der Waals surface area contributed by atoms with Gasteiger partial charge in [-0.1, -0.05) is 11.6 Å². The Morgan fingerprint density at radius 1 is 1.61 bits per heavy atom. The van der Waals surface area contributed by atoms with Gasteiger partial charge in [-0.3, -0.25) is 4.79 Å². The number of halogens is 1. The van der Waals surface area contributed by atoms with Crippen LogP contribution in [0.5, 0.6) is 0 Å². The first-order valence-corrected chi connectivity index (χ1v) is 6.15. The van der Waals surface area contributed by atoms with E-state index in [0.29, 0.717) is 22.8 Å². The zero-order valence-corrected chi connectivity index (χ0v) is 10.8. The lowest BCUT2D eigenvalue weighted by atomic mass is 9.89. The van der Waals surface area contributed by atoms with Crippen molar-refractivity contribution in [2.75, 3.05) is 18.4 Å². The zero-order chi connectivity index (χ0) is 13.2. The summed E-state index contributed by atoms with van der Waals surface area (Å²) in [6.07, 6.45) is 0.822. The fourth-order valence-corrected chi connectivity index (χ4v) is 2.20. The maximum atomic E-state index is 12.1. The number of nitrogens with one attached hydrogen (secondary N) is 2. The molecule has 0 saturated carbocycles. The Morgan fingerprint density at radius 2 is 2.39 bits per heavy atom. The summed E-state index contributed by atoms with van der Waals surface area (Å²) in [6.45, 7) is 3.48. The quantitative estimate of drug-likeness (QED) is 0.859. The molecule has 1 unspecified atom stereocenters. The third-order valence-corrected chi connectivity index (χ3v) is 3.58. The number of carbonyl (C=O) groups is 1. The Bertz CT molecular complexity index is 515. The van der Waals surface area contributed by atoms with E-state index >= 15 is 0 Å². The summed E-state index contributed by atoms with van der Waals surface area (Å²) in [6, 6.07) is 6.88. The molecule has 1 amide bonds. The summed E-state index contributed by atoms with van der Waals surface area (Å²) in [4.78, 5) is 12.1. The maximum absolute atomic E-state index is 12.1. The molecule has 2 rings (SSSR count). The van der Waals surface area contributed by atoms with Gasteiger partial charge in [0, 0.05) is 12.2 Å². The number of hydrogen-bond acceptors (Lipinski definition) is 3. The molecule has 0 spiro atoms. The summed E-state index contributed by atoms with van der Waals surface area (Å²) in [7, 11) is 0. The summed E-state index contributed by atoms with van der Waals surface area (Å²) >= 11 is 5.92. The number of nitrogens with zero attached hydrogens (tertiary/aromatic N) is 1. The summed E-state index contributed by atoms with van der Waals surface area (Å²) < 4.78 is 0. The lowest BCUT2D eigenvalue weighted by Crippen LogP contribution is -2.35. The molecular formula is C13H14ClN3O. The van der Waals surface area contributed by atoms with E-state index in [4.69, 9.17) is 16.9 Å². The molecule has 1 aromatic carbocycles. The molecule has 1 saturated heterocycles. The molecule has 0 radical (unpaired) electrons. The van der Waals surface area contributed by atoms with Gasteiger partial charge in [-0.2, -0.15) is 5.26 Å². The van der Waals surface area contributed by atoms with Crippen molar-refractivity contribution in [3.05, 3.63) is 28.8 Å². The van der Waals surface area contributed by atoms with E-state index in [0.717, 1.165) is 13.0 Å². The summed E-state index contributed by atoms with van der Waals surface area (Å²) in [5.41, 5.74) is 0.654. The van der Waals surface area contributed by atoms with Crippen LogP contribution in [0.15, 0.2) is 18.2 Å². The fraction of sp³-hybridized carbons (Fsp3) is 0.385. The maximum Gasteiger partial charge on any atom is 0.231 e. The molecule has 2 N–H and O–H groups in total. The van der Waals surface area contributed by atoms with Crippen molar-refractivity contribution >= 4 is 23.2 Å². The second-order valence-corrected chi connectivity index (χ2v) is 5.16. The van der Waals surface area contributed by atoms with E-state index in [1.54, 1.807) is 18.2 Å². The van der Waals surface area contributed by atoms with E-state index in [1.165, 1.54) is 0 Å². The van der Waals surface area contributed by atoms with Crippen molar-refractivity contribution in [3.63, 3.8) is 0 Å². The van der Waals surface area contributed by atoms with E-state index in [-0.39, 0.29) is 11.3 Å². The zero-order valence-electron chi connectivity index (χ0n) is 10.1. The van der Waals surface area contributed by atoms with Gasteiger partial charge in [-0.15, -0.1) is 0 Å². The minimum absolute atomic E-state index is 0.0201. The monoisotopic (exact) mass is 263 g/mol. The third kappa shape index (κ3) is 2.47. The highest BCUT2D eigenvalue weighted by atomic mass is 35.5. The van der Waals surface area contributed by atoms with Crippen LogP contribution in [0.1, 0.15) is 18.9 Å². The Labute approximate surface area is 111 Å². The van der Waals surface area contributed by atoms with Gasteiger partial charge in [0.1, 0.15) is 6.07 Å². The average molecular weight is 264 g/mol. The van der Waals surface area contributed by atoms with Crippen molar-refractivity contribution in [3.8, 4) is 6.07 Å². The van der Waals surface area contributed by atoms with Crippen LogP contribution in [0.4, 0.5) is 5.69 Å². The Balaban J connectivity index is 2.12. The molecule has 0 bridgehead atoms. The highest BCUT2D eigenvalue weighted by Gasteiger charge is 2.36. The van der Waals surface area contributed by atoms with Gasteiger partial charge >= 0.3 is 0 Å². The SMILES string of the molecule is CC1(C(=O)Nc2ccc(C#N)c(Cl)c2)CCNC1. The van der Waals surface area contributed by atoms with Crippen LogP contribution in [0.2, 0.25) is 5.02 Å². The first-order chi connectivity index (χ1) is 8.55. The summed E-state index contributed by atoms with van der Waals surface area (Å²) in [5.74, 6) is -0.0201. The van der Waals surface area contributed by atoms with Crippen LogP contribution < -0.4 is 10.6 Å². The predicted octanol–water partition coefficient (Wildman–Crippen LogP) is 2.15. The van der Waals surface area contributed by atoms with Crippen molar-refractivity contribution in [1.82, 2.24) is 5.32 Å². The molecule has 94 valence electrons. The van der Waals surface area contributed by atoms with Crippen LogP contribution in [-0.4, -0.2) is 19.0 Å². The normalized spacial score (nSPS) is 22.5. The molecule has 0 aromatic heterocycles. The molecule has 0 aliphatic carbocycles. The second-order valence-electron chi connectivity index (χ2n) is 4.75. The number of carbonyl (C=O) groups excluding carboxylic acids is 1. The Hall–Kier alpha value is -1.57. The summed E-state index contributed by atoms with van der Waals surface area (Å²) in [5, 5.41) is 15.1. The van der Waals surface area contributed by atoms with Gasteiger partial charge in [0.05, 0.1) is 16.0 Å². The number of anilines is 1. The molecule has 1 heterocycles. The fourth-order valence-electron chi connectivity index (χ4n) is 1.98. The molecular weight excluding hydrogens is 250 g/mol. The van der Waals surface area contributed by atoms with Gasteiger partial charge in [0.2, 0.25) is 5.91 Å². The first kappa shape index (κ1) is 12.9. The largest absolute Gasteiger partial charge is 0.326 e. The van der Waals surface area contributed by atoms with Crippen LogP contribution >= 0.6 is 11.6 Å². The first-order valence-electron chi connectivity index (χ1n) is 5.77. The average Bonchev–Trinajstić information content (AvgIpc) is 2.78. The molecule has 1 aliphatic heterocycles. The van der Waals surface area contributed by atoms with E-state index < -0.39 is 0 Å². The third-order valence-electron chi connectivity index (χ3n) is 3.26. The van der Waals surface area contributed by atoms with Crippen LogP contribution in [-0.2, 0) is 4.79 Å². The second kappa shape index (κ2) is 4.97. The van der Waals surface area contributed by atoms with Crippen molar-refractivity contribution < 1.29 is 4.79 Å². The van der Waals surface area contributed by atoms with Gasteiger partial charge in [0.25, 0.3) is 0 Å². The molecule has 1 aliphatic rings. The lowest BCUT2D eigenvalue weighted by molar-refractivity contribution is -0.123. The number of benzene rings is 1. The van der Waals surface area contributed by atoms with Gasteiger partial charge in [-0.05, 0) is 38.1 Å². The smallest absolute Gasteiger partial charge is 0.231 e. The predicted molar refractivity (Wildman–Crippen MR) is 70.4 cm³/mol. The highest BCUT2D eigenvalue weighted by Crippen LogP contribution is 2.27. The minimum Gasteiger partial charge on any atom is -0.326 e. The molecule has 1 aromatic rings. The Kier molecular flexibility index (Phi) is 3.55. The number of amides is 1. The topological polar surface area (TPSA) is 64.9 Å². The van der Waals surface area contributed by atoms with Crippen molar-refractivity contribution in [1.29, 1.82) is 5.26 Å². The number of hydrogen-bond donors (Lipinski definition) is 2. The van der Waals surface area contributed by atoms with Crippen molar-refractivity contribution in [2.24, 2.45) is 5.41 Å². The molecule has 4 nitrogen and oxygen atoms in total. The van der Waals surface area contributed by atoms with Gasteiger partial charge in [0.15, 0.2) is 0 Å². The Morgan fingerprint density at radius 3 is 2.94 bits per heavy atom.